The molecule has 450 valence electrons. The normalized spacial score (nSPS) is 12.3. The summed E-state index contributed by atoms with van der Waals surface area (Å²) in [5.41, 5.74) is 0. The summed E-state index contributed by atoms with van der Waals surface area (Å²) in [7, 11) is 0. The van der Waals surface area contributed by atoms with E-state index in [0.717, 1.165) is 83.5 Å². The Labute approximate surface area is 479 Å². The van der Waals surface area contributed by atoms with Gasteiger partial charge in [-0.15, -0.1) is 0 Å². The van der Waals surface area contributed by atoms with Gasteiger partial charge < -0.3 is 14.2 Å². The van der Waals surface area contributed by atoms with Gasteiger partial charge in [-0.05, 0) is 77.0 Å². The molecule has 0 saturated heterocycles. The molecule has 0 rings (SSSR count). The van der Waals surface area contributed by atoms with Gasteiger partial charge in [0.2, 0.25) is 0 Å². The van der Waals surface area contributed by atoms with E-state index in [1.807, 2.05) is 0 Å². The first-order valence-electron chi connectivity index (χ1n) is 34.1. The molecule has 0 spiro atoms. The Balaban J connectivity index is 4.28. The number of carbonyl (C=O) groups excluding carboxylic acids is 3. The second-order valence-corrected chi connectivity index (χ2v) is 23.1. The van der Waals surface area contributed by atoms with Gasteiger partial charge in [-0.25, -0.2) is 0 Å². The molecule has 0 aliphatic heterocycles. The van der Waals surface area contributed by atoms with E-state index in [2.05, 4.69) is 69.4 Å². The molecule has 0 heterocycles. The quantitative estimate of drug-likeness (QED) is 0.0261. The van der Waals surface area contributed by atoms with Crippen molar-refractivity contribution in [3.05, 3.63) is 48.6 Å². The summed E-state index contributed by atoms with van der Waals surface area (Å²) in [4.78, 5) is 38.4. The number of unbranched alkanes of at least 4 members (excludes halogenated alkanes) is 44. The lowest BCUT2D eigenvalue weighted by Crippen LogP contribution is -2.30. The zero-order chi connectivity index (χ0) is 55.7. The molecule has 1 atom stereocenters. The van der Waals surface area contributed by atoms with Gasteiger partial charge in [-0.3, -0.25) is 14.4 Å². The minimum Gasteiger partial charge on any atom is -0.462 e. The SMILES string of the molecule is CCCC/C=C\C/C=C\CCCCCCCC(=O)OCC(COC(=O)CCCCCCCCCCCCCCCCCCCCCCCCCC)OC(=O)CCCCCCCCCCC/C=C\C/C=C\CCCCCCC. The van der Waals surface area contributed by atoms with E-state index >= 15 is 0 Å². The first kappa shape index (κ1) is 74.4. The van der Waals surface area contributed by atoms with Crippen molar-refractivity contribution < 1.29 is 28.6 Å². The molecule has 0 aromatic carbocycles. The van der Waals surface area contributed by atoms with Crippen molar-refractivity contribution in [1.82, 2.24) is 0 Å². The van der Waals surface area contributed by atoms with Gasteiger partial charge in [-0.2, -0.15) is 0 Å². The number of hydrogen-bond donors (Lipinski definition) is 0. The molecule has 0 fully saturated rings. The van der Waals surface area contributed by atoms with Crippen LogP contribution in [0.5, 0.6) is 0 Å². The third-order valence-corrected chi connectivity index (χ3v) is 15.3. The van der Waals surface area contributed by atoms with E-state index < -0.39 is 6.10 Å². The Morgan fingerprint density at radius 2 is 0.481 bits per heavy atom. The van der Waals surface area contributed by atoms with Crippen LogP contribution in [-0.2, 0) is 28.6 Å². The van der Waals surface area contributed by atoms with Gasteiger partial charge in [-0.1, -0.05) is 320 Å². The van der Waals surface area contributed by atoms with E-state index in [4.69, 9.17) is 14.2 Å². The Hall–Kier alpha value is -2.63. The van der Waals surface area contributed by atoms with Gasteiger partial charge >= 0.3 is 17.9 Å². The van der Waals surface area contributed by atoms with Gasteiger partial charge in [0.25, 0.3) is 0 Å². The van der Waals surface area contributed by atoms with E-state index in [0.29, 0.717) is 19.3 Å². The summed E-state index contributed by atoms with van der Waals surface area (Å²) >= 11 is 0. The number of esters is 3. The van der Waals surface area contributed by atoms with Gasteiger partial charge in [0.15, 0.2) is 6.10 Å². The summed E-state index contributed by atoms with van der Waals surface area (Å²) in [6.07, 6.45) is 82.7. The molecule has 0 radical (unpaired) electrons. The molecule has 6 heteroatoms. The highest BCUT2D eigenvalue weighted by atomic mass is 16.6. The van der Waals surface area contributed by atoms with Crippen molar-refractivity contribution in [3.8, 4) is 0 Å². The number of rotatable bonds is 63. The van der Waals surface area contributed by atoms with Crippen LogP contribution in [0.25, 0.3) is 0 Å². The lowest BCUT2D eigenvalue weighted by molar-refractivity contribution is -0.167. The average molecular weight is 1080 g/mol. The largest absolute Gasteiger partial charge is 0.462 e. The molecular weight excluding hydrogens is 949 g/mol. The Morgan fingerprint density at radius 3 is 0.753 bits per heavy atom. The van der Waals surface area contributed by atoms with Crippen molar-refractivity contribution in [2.75, 3.05) is 13.2 Å². The summed E-state index contributed by atoms with van der Waals surface area (Å²) in [6.45, 7) is 6.64. The van der Waals surface area contributed by atoms with Crippen molar-refractivity contribution >= 4 is 17.9 Å². The first-order valence-corrected chi connectivity index (χ1v) is 34.1. The highest BCUT2D eigenvalue weighted by molar-refractivity contribution is 5.71. The molecule has 0 N–H and O–H groups in total. The van der Waals surface area contributed by atoms with Crippen LogP contribution in [0, 0.1) is 0 Å². The number of ether oxygens (including phenoxy) is 3. The predicted octanol–water partition coefficient (Wildman–Crippen LogP) is 23.3. The number of allylic oxidation sites excluding steroid dienone is 8. The maximum absolute atomic E-state index is 12.9. The van der Waals surface area contributed by atoms with E-state index in [1.54, 1.807) is 0 Å². The van der Waals surface area contributed by atoms with Crippen molar-refractivity contribution in [1.29, 1.82) is 0 Å². The van der Waals surface area contributed by atoms with Gasteiger partial charge in [0, 0.05) is 19.3 Å². The zero-order valence-electron chi connectivity index (χ0n) is 51.7. The first-order chi connectivity index (χ1) is 38.0. The van der Waals surface area contributed by atoms with E-state index in [1.165, 1.54) is 244 Å². The minimum atomic E-state index is -0.781. The molecule has 0 aromatic heterocycles. The maximum Gasteiger partial charge on any atom is 0.306 e. The standard InChI is InChI=1S/C71H130O6/c1-4-7-10-13-16-19-22-25-28-30-32-34-35-36-38-39-41-43-46-49-52-55-58-61-64-70(73)76-67-68(66-75-69(72)63-60-57-54-51-48-45-27-24-21-18-15-12-9-6-3)77-71(74)65-62-59-56-53-50-47-44-42-40-37-33-31-29-26-23-20-17-14-11-8-5-2/h15,18,23-24,26-27,31,33,68H,4-14,16-17,19-22,25,28-30,32,34-67H2,1-3H3/b18-15-,26-23-,27-24-,33-31-. The molecule has 1 unspecified atom stereocenters. The monoisotopic (exact) mass is 1080 g/mol. The fraction of sp³-hybridized carbons (Fsp3) is 0.845. The highest BCUT2D eigenvalue weighted by Gasteiger charge is 2.19. The topological polar surface area (TPSA) is 78.9 Å². The van der Waals surface area contributed by atoms with Crippen LogP contribution in [0.15, 0.2) is 48.6 Å². The van der Waals surface area contributed by atoms with Crippen molar-refractivity contribution in [2.45, 2.75) is 374 Å². The third-order valence-electron chi connectivity index (χ3n) is 15.3. The molecule has 77 heavy (non-hydrogen) atoms. The van der Waals surface area contributed by atoms with E-state index in [-0.39, 0.29) is 31.1 Å². The predicted molar refractivity (Wildman–Crippen MR) is 335 cm³/mol. The second kappa shape index (κ2) is 65.9. The lowest BCUT2D eigenvalue weighted by Gasteiger charge is -2.18. The molecular formula is C71H130O6. The number of carbonyl (C=O) groups is 3. The van der Waals surface area contributed by atoms with Crippen LogP contribution in [-0.4, -0.2) is 37.2 Å². The highest BCUT2D eigenvalue weighted by Crippen LogP contribution is 2.18. The van der Waals surface area contributed by atoms with E-state index in [9.17, 15) is 14.4 Å². The van der Waals surface area contributed by atoms with Crippen molar-refractivity contribution in [3.63, 3.8) is 0 Å². The number of hydrogen-bond acceptors (Lipinski definition) is 6. The molecule has 0 aliphatic rings. The molecule has 0 bridgehead atoms. The van der Waals surface area contributed by atoms with Gasteiger partial charge in [0.05, 0.1) is 0 Å². The summed E-state index contributed by atoms with van der Waals surface area (Å²) in [5, 5.41) is 0. The van der Waals surface area contributed by atoms with Crippen molar-refractivity contribution in [2.24, 2.45) is 0 Å². The smallest absolute Gasteiger partial charge is 0.306 e. The molecule has 0 saturated carbocycles. The van der Waals surface area contributed by atoms with Crippen LogP contribution < -0.4 is 0 Å². The second-order valence-electron chi connectivity index (χ2n) is 23.1. The summed E-state index contributed by atoms with van der Waals surface area (Å²) < 4.78 is 17.0. The fourth-order valence-corrected chi connectivity index (χ4v) is 10.1. The lowest BCUT2D eigenvalue weighted by atomic mass is 10.0. The average Bonchev–Trinajstić information content (AvgIpc) is 3.43. The third kappa shape index (κ3) is 64.1. The minimum absolute atomic E-state index is 0.0756. The summed E-state index contributed by atoms with van der Waals surface area (Å²) in [6, 6.07) is 0. The maximum atomic E-state index is 12.9. The Morgan fingerprint density at radius 1 is 0.260 bits per heavy atom. The summed E-state index contributed by atoms with van der Waals surface area (Å²) in [5.74, 6) is -0.871. The molecule has 0 amide bonds. The van der Waals surface area contributed by atoms with Crippen LogP contribution in [0.1, 0.15) is 367 Å². The van der Waals surface area contributed by atoms with Crippen LogP contribution in [0.3, 0.4) is 0 Å². The van der Waals surface area contributed by atoms with Gasteiger partial charge in [0.1, 0.15) is 13.2 Å². The van der Waals surface area contributed by atoms with Crippen LogP contribution in [0.2, 0.25) is 0 Å². The van der Waals surface area contributed by atoms with Crippen LogP contribution in [0.4, 0.5) is 0 Å². The molecule has 0 aliphatic carbocycles. The molecule has 6 nitrogen and oxygen atoms in total. The van der Waals surface area contributed by atoms with Crippen LogP contribution >= 0.6 is 0 Å². The Kier molecular flexibility index (Phi) is 63.6. The molecule has 0 aromatic rings. The Bertz CT molecular complexity index is 1330. The zero-order valence-corrected chi connectivity index (χ0v) is 51.7. The fourth-order valence-electron chi connectivity index (χ4n) is 10.1.